The summed E-state index contributed by atoms with van der Waals surface area (Å²) in [6.07, 6.45) is 7.58. The van der Waals surface area contributed by atoms with Gasteiger partial charge in [-0.3, -0.25) is 4.79 Å². The van der Waals surface area contributed by atoms with E-state index in [4.69, 9.17) is 28.9 Å². The summed E-state index contributed by atoms with van der Waals surface area (Å²) in [5, 5.41) is 3.91. The molecule has 1 heterocycles. The average Bonchev–Trinajstić information content (AvgIpc) is 3.06. The number of hydrogen-bond acceptors (Lipinski definition) is 2. The molecule has 0 radical (unpaired) electrons. The highest BCUT2D eigenvalue weighted by molar-refractivity contribution is 6.42. The van der Waals surface area contributed by atoms with Crippen molar-refractivity contribution >= 4 is 52.3 Å². The largest absolute Gasteiger partial charge is 0.355 e. The molecule has 7 heteroatoms. The summed E-state index contributed by atoms with van der Waals surface area (Å²) in [6.45, 7) is 6.22. The van der Waals surface area contributed by atoms with Crippen molar-refractivity contribution < 1.29 is 9.36 Å². The fourth-order valence-electron chi connectivity index (χ4n) is 4.07. The van der Waals surface area contributed by atoms with Crippen molar-refractivity contribution in [3.05, 3.63) is 63.4 Å². The number of benzene rings is 2. The minimum absolute atomic E-state index is 0.0665. The Morgan fingerprint density at radius 1 is 1.09 bits per heavy atom. The Morgan fingerprint density at radius 3 is 2.47 bits per heavy atom. The lowest BCUT2D eigenvalue weighted by Crippen LogP contribution is -2.31. The molecule has 3 N–H and O–H groups in total. The summed E-state index contributed by atoms with van der Waals surface area (Å²) >= 11 is 12.7. The summed E-state index contributed by atoms with van der Waals surface area (Å²) < 4.78 is 4.43. The average molecular weight is 503 g/mol. The minimum Gasteiger partial charge on any atom is -0.355 e. The first-order valence-electron chi connectivity index (χ1n) is 11.9. The monoisotopic (exact) mass is 501 g/mol. The van der Waals surface area contributed by atoms with Crippen molar-refractivity contribution in [2.24, 2.45) is 12.8 Å². The molecule has 0 unspecified atom stereocenters. The lowest BCUT2D eigenvalue weighted by molar-refractivity contribution is -0.647. The third-order valence-corrected chi connectivity index (χ3v) is 6.79. The van der Waals surface area contributed by atoms with E-state index in [1.165, 1.54) is 5.56 Å². The molecule has 1 aromatic heterocycles. The van der Waals surface area contributed by atoms with Crippen LogP contribution >= 0.6 is 23.2 Å². The summed E-state index contributed by atoms with van der Waals surface area (Å²) in [5.74, 6) is 1.65. The molecular weight excluding hydrogens is 467 g/mol. The van der Waals surface area contributed by atoms with Crippen LogP contribution in [-0.2, 0) is 18.4 Å². The molecule has 34 heavy (non-hydrogen) atoms. The van der Waals surface area contributed by atoms with Crippen LogP contribution in [0.15, 0.2) is 36.4 Å². The molecule has 0 saturated carbocycles. The van der Waals surface area contributed by atoms with Gasteiger partial charge in [-0.2, -0.15) is 0 Å². The molecule has 0 bridgehead atoms. The fourth-order valence-corrected chi connectivity index (χ4v) is 4.39. The Labute approximate surface area is 212 Å². The Morgan fingerprint density at radius 2 is 1.79 bits per heavy atom. The van der Waals surface area contributed by atoms with E-state index in [9.17, 15) is 4.79 Å². The number of nitrogens with one attached hydrogen (secondary N) is 1. The lowest BCUT2D eigenvalue weighted by atomic mass is 10.0. The van der Waals surface area contributed by atoms with Gasteiger partial charge in [0.15, 0.2) is 11.0 Å². The molecule has 0 aliphatic rings. The number of hydrogen-bond donors (Lipinski definition) is 2. The normalized spacial score (nSPS) is 11.7. The van der Waals surface area contributed by atoms with Gasteiger partial charge < -0.3 is 11.1 Å². The summed E-state index contributed by atoms with van der Waals surface area (Å²) in [5.41, 5.74) is 10.0. The molecular formula is C27H35Cl2N4O+. The van der Waals surface area contributed by atoms with Crippen molar-refractivity contribution in [3.8, 4) is 0 Å². The first kappa shape index (κ1) is 26.3. The first-order valence-corrected chi connectivity index (χ1v) is 12.7. The van der Waals surface area contributed by atoms with Crippen molar-refractivity contribution in [2.75, 3.05) is 13.1 Å². The Balaban J connectivity index is 1.80. The zero-order chi connectivity index (χ0) is 24.7. The van der Waals surface area contributed by atoms with Crippen LogP contribution in [0.3, 0.4) is 0 Å². The van der Waals surface area contributed by atoms with Crippen molar-refractivity contribution in [1.29, 1.82) is 0 Å². The van der Waals surface area contributed by atoms with Crippen molar-refractivity contribution in [1.82, 2.24) is 9.88 Å². The number of nitrogens with two attached hydrogens (primary N) is 1. The topological polar surface area (TPSA) is 63.9 Å². The second kappa shape index (κ2) is 12.4. The van der Waals surface area contributed by atoms with E-state index >= 15 is 0 Å². The number of halogens is 2. The van der Waals surface area contributed by atoms with Crippen molar-refractivity contribution in [2.45, 2.75) is 52.0 Å². The Hall–Kier alpha value is -2.34. The van der Waals surface area contributed by atoms with E-state index in [0.717, 1.165) is 48.2 Å². The maximum Gasteiger partial charge on any atom is 0.282 e. The minimum atomic E-state index is 0.0665. The molecule has 0 spiro atoms. The maximum atomic E-state index is 11.8. The van der Waals surface area contributed by atoms with Gasteiger partial charge in [0.05, 0.1) is 23.6 Å². The third kappa shape index (κ3) is 6.62. The molecule has 0 aliphatic carbocycles. The smallest absolute Gasteiger partial charge is 0.282 e. The number of rotatable bonds is 11. The van der Waals surface area contributed by atoms with Crippen LogP contribution in [0.25, 0.3) is 23.2 Å². The maximum absolute atomic E-state index is 11.8. The summed E-state index contributed by atoms with van der Waals surface area (Å²) in [7, 11) is 2.05. The van der Waals surface area contributed by atoms with Crippen LogP contribution in [-0.4, -0.2) is 23.6 Å². The van der Waals surface area contributed by atoms with E-state index in [-0.39, 0.29) is 5.91 Å². The highest BCUT2D eigenvalue weighted by Crippen LogP contribution is 2.28. The number of amides is 1. The Bertz CT molecular complexity index is 1150. The van der Waals surface area contributed by atoms with Gasteiger partial charge in [0, 0.05) is 37.7 Å². The van der Waals surface area contributed by atoms with Gasteiger partial charge in [-0.25, -0.2) is 9.13 Å². The van der Waals surface area contributed by atoms with Crippen LogP contribution in [0.5, 0.6) is 0 Å². The fraction of sp³-hybridized carbons (Fsp3) is 0.407. The number of nitrogens with zero attached hydrogens (tertiary/aromatic N) is 2. The predicted octanol–water partition coefficient (Wildman–Crippen LogP) is 5.70. The number of unbranched alkanes of at least 4 members (excludes halogenated alkanes) is 2. The molecule has 2 aromatic carbocycles. The molecule has 0 atom stereocenters. The van der Waals surface area contributed by atoms with Gasteiger partial charge >= 0.3 is 0 Å². The van der Waals surface area contributed by atoms with Crippen molar-refractivity contribution in [3.63, 3.8) is 0 Å². The van der Waals surface area contributed by atoms with E-state index in [0.29, 0.717) is 35.5 Å². The quantitative estimate of drug-likeness (QED) is 0.261. The van der Waals surface area contributed by atoms with E-state index in [1.54, 1.807) is 0 Å². The SMILES string of the molecule is CC(C)c1ccc(/C=C/c2n(CCCCCC(=O)NCCN)c3cc(Cl)c(Cl)cc3[n+]2C)cc1. The standard InChI is InChI=1S/C27H34Cl2N4O/c1-19(2)21-11-8-20(9-12-21)10-13-27-32(3)24-17-22(28)23(29)18-25(24)33(27)16-6-4-5-7-26(34)31-15-14-30/h8-13,17-19H,4-7,14-16,30H2,1-3H3/p+1/b13-10+. The zero-order valence-electron chi connectivity index (χ0n) is 20.3. The highest BCUT2D eigenvalue weighted by atomic mass is 35.5. The number of aryl methyl sites for hydroxylation is 2. The van der Waals surface area contributed by atoms with Gasteiger partial charge in [-0.1, -0.05) is 61.3 Å². The Kier molecular flexibility index (Phi) is 9.57. The molecule has 0 saturated heterocycles. The molecule has 3 rings (SSSR count). The van der Waals surface area contributed by atoms with Gasteiger partial charge in [-0.05, 0) is 42.4 Å². The molecule has 182 valence electrons. The molecule has 0 fully saturated rings. The molecule has 5 nitrogen and oxygen atoms in total. The second-order valence-corrected chi connectivity index (χ2v) is 9.74. The van der Waals surface area contributed by atoms with Crippen LogP contribution in [0.2, 0.25) is 10.0 Å². The summed E-state index contributed by atoms with van der Waals surface area (Å²) in [4.78, 5) is 11.8. The van der Waals surface area contributed by atoms with Crippen LogP contribution in [0.1, 0.15) is 62.4 Å². The second-order valence-electron chi connectivity index (χ2n) is 8.93. The first-order chi connectivity index (χ1) is 16.3. The van der Waals surface area contributed by atoms with Gasteiger partial charge in [0.25, 0.3) is 5.82 Å². The van der Waals surface area contributed by atoms with Crippen LogP contribution in [0.4, 0.5) is 0 Å². The summed E-state index contributed by atoms with van der Waals surface area (Å²) in [6, 6.07) is 12.5. The van der Waals surface area contributed by atoms with Gasteiger partial charge in [0.1, 0.15) is 0 Å². The number of carbonyl (C=O) groups excluding carboxylic acids is 1. The van der Waals surface area contributed by atoms with Crippen LogP contribution < -0.4 is 15.6 Å². The third-order valence-electron chi connectivity index (χ3n) is 6.07. The number of aromatic nitrogens is 2. The zero-order valence-corrected chi connectivity index (χ0v) is 21.8. The lowest BCUT2D eigenvalue weighted by Gasteiger charge is -2.05. The van der Waals surface area contributed by atoms with Gasteiger partial charge in [-0.15, -0.1) is 0 Å². The van der Waals surface area contributed by atoms with E-state index < -0.39 is 0 Å². The van der Waals surface area contributed by atoms with E-state index in [2.05, 4.69) is 64.7 Å². The number of imidazole rings is 1. The van der Waals surface area contributed by atoms with E-state index in [1.807, 2.05) is 19.2 Å². The molecule has 3 aromatic rings. The van der Waals surface area contributed by atoms with Crippen LogP contribution in [0, 0.1) is 0 Å². The number of carbonyl (C=O) groups is 1. The molecule has 1 amide bonds. The predicted molar refractivity (Wildman–Crippen MR) is 143 cm³/mol. The van der Waals surface area contributed by atoms with Gasteiger partial charge in [0.2, 0.25) is 5.91 Å². The number of fused-ring (bicyclic) bond motifs is 1. The molecule has 0 aliphatic heterocycles. The highest BCUT2D eigenvalue weighted by Gasteiger charge is 2.22.